The zero-order valence-electron chi connectivity index (χ0n) is 11.3. The lowest BCUT2D eigenvalue weighted by Crippen LogP contribution is -2.24. The van der Waals surface area contributed by atoms with E-state index in [-0.39, 0.29) is 0 Å². The molecule has 0 saturated carbocycles. The molecule has 0 aliphatic carbocycles. The predicted molar refractivity (Wildman–Crippen MR) is 69.7 cm³/mol. The topological polar surface area (TPSA) is 21.3 Å². The summed E-state index contributed by atoms with van der Waals surface area (Å²) in [5.74, 6) is 1.65. The van der Waals surface area contributed by atoms with Crippen LogP contribution in [-0.4, -0.2) is 25.8 Å². The Morgan fingerprint density at radius 1 is 1.38 bits per heavy atom. The van der Waals surface area contributed by atoms with Crippen LogP contribution in [0, 0.1) is 11.8 Å². The molecule has 1 fully saturated rings. The molecule has 0 radical (unpaired) electrons. The van der Waals surface area contributed by atoms with Gasteiger partial charge in [0.05, 0.1) is 6.10 Å². The Balaban J connectivity index is 2.19. The summed E-state index contributed by atoms with van der Waals surface area (Å²) in [7, 11) is 0. The maximum Gasteiger partial charge on any atom is 0.0576 e. The molecular weight excluding hydrogens is 198 g/mol. The number of rotatable bonds is 8. The third-order valence-electron chi connectivity index (χ3n) is 3.41. The van der Waals surface area contributed by atoms with Crippen molar-refractivity contribution in [2.24, 2.45) is 11.8 Å². The van der Waals surface area contributed by atoms with Gasteiger partial charge < -0.3 is 10.1 Å². The quantitative estimate of drug-likeness (QED) is 0.687. The predicted octanol–water partition coefficient (Wildman–Crippen LogP) is 3.22. The average molecular weight is 227 g/mol. The van der Waals surface area contributed by atoms with Gasteiger partial charge in [-0.1, -0.05) is 20.8 Å². The molecule has 2 unspecified atom stereocenters. The highest BCUT2D eigenvalue weighted by Gasteiger charge is 2.18. The summed E-state index contributed by atoms with van der Waals surface area (Å²) in [4.78, 5) is 0. The monoisotopic (exact) mass is 227 g/mol. The van der Waals surface area contributed by atoms with E-state index in [1.165, 1.54) is 38.6 Å². The van der Waals surface area contributed by atoms with Gasteiger partial charge >= 0.3 is 0 Å². The molecule has 96 valence electrons. The SMILES string of the molecule is CCNCC(CCC1CCCO1)CC(C)C. The van der Waals surface area contributed by atoms with E-state index in [1.807, 2.05) is 0 Å². The molecule has 2 heteroatoms. The highest BCUT2D eigenvalue weighted by molar-refractivity contribution is 4.70. The zero-order chi connectivity index (χ0) is 11.8. The van der Waals surface area contributed by atoms with Crippen LogP contribution < -0.4 is 5.32 Å². The molecule has 0 aromatic carbocycles. The molecule has 0 bridgehead atoms. The third-order valence-corrected chi connectivity index (χ3v) is 3.41. The van der Waals surface area contributed by atoms with Crippen molar-refractivity contribution in [3.63, 3.8) is 0 Å². The Labute approximate surface area is 101 Å². The standard InChI is InChI=1S/C14H29NO/c1-4-15-11-13(10-12(2)3)7-8-14-6-5-9-16-14/h12-15H,4-11H2,1-3H3. The van der Waals surface area contributed by atoms with Crippen molar-refractivity contribution in [2.45, 2.75) is 59.0 Å². The van der Waals surface area contributed by atoms with Crippen LogP contribution in [0.1, 0.15) is 52.9 Å². The number of hydrogen-bond acceptors (Lipinski definition) is 2. The normalized spacial score (nSPS) is 22.9. The molecule has 1 N–H and O–H groups in total. The van der Waals surface area contributed by atoms with E-state index in [2.05, 4.69) is 26.1 Å². The van der Waals surface area contributed by atoms with E-state index in [0.29, 0.717) is 6.10 Å². The van der Waals surface area contributed by atoms with Crippen molar-refractivity contribution in [2.75, 3.05) is 19.7 Å². The first kappa shape index (κ1) is 14.0. The Morgan fingerprint density at radius 3 is 2.75 bits per heavy atom. The van der Waals surface area contributed by atoms with Gasteiger partial charge in [-0.2, -0.15) is 0 Å². The lowest BCUT2D eigenvalue weighted by molar-refractivity contribution is 0.0968. The van der Waals surface area contributed by atoms with Crippen LogP contribution in [0.3, 0.4) is 0 Å². The lowest BCUT2D eigenvalue weighted by atomic mass is 9.91. The third kappa shape index (κ3) is 5.86. The molecule has 1 heterocycles. The van der Waals surface area contributed by atoms with Gasteiger partial charge in [-0.05, 0) is 57.0 Å². The van der Waals surface area contributed by atoms with Gasteiger partial charge in [-0.15, -0.1) is 0 Å². The summed E-state index contributed by atoms with van der Waals surface area (Å²) in [6, 6.07) is 0. The second-order valence-corrected chi connectivity index (χ2v) is 5.52. The molecule has 0 aromatic rings. The zero-order valence-corrected chi connectivity index (χ0v) is 11.3. The van der Waals surface area contributed by atoms with E-state index >= 15 is 0 Å². The van der Waals surface area contributed by atoms with Crippen molar-refractivity contribution in [3.8, 4) is 0 Å². The van der Waals surface area contributed by atoms with Gasteiger partial charge in [0.15, 0.2) is 0 Å². The summed E-state index contributed by atoms with van der Waals surface area (Å²) in [5.41, 5.74) is 0. The van der Waals surface area contributed by atoms with Crippen LogP contribution in [0.5, 0.6) is 0 Å². The summed E-state index contributed by atoms with van der Waals surface area (Å²) in [5, 5.41) is 3.49. The van der Waals surface area contributed by atoms with Crippen LogP contribution in [0.2, 0.25) is 0 Å². The van der Waals surface area contributed by atoms with Crippen LogP contribution in [0.4, 0.5) is 0 Å². The van der Waals surface area contributed by atoms with Crippen molar-refractivity contribution < 1.29 is 4.74 Å². The van der Waals surface area contributed by atoms with Crippen molar-refractivity contribution >= 4 is 0 Å². The highest BCUT2D eigenvalue weighted by Crippen LogP contribution is 2.22. The minimum Gasteiger partial charge on any atom is -0.378 e. The first-order valence-electron chi connectivity index (χ1n) is 7.04. The molecule has 2 atom stereocenters. The summed E-state index contributed by atoms with van der Waals surface area (Å²) >= 11 is 0. The van der Waals surface area contributed by atoms with E-state index in [0.717, 1.165) is 25.0 Å². The van der Waals surface area contributed by atoms with Gasteiger partial charge in [0, 0.05) is 6.61 Å². The fourth-order valence-electron chi connectivity index (χ4n) is 2.61. The van der Waals surface area contributed by atoms with Gasteiger partial charge in [0.25, 0.3) is 0 Å². The first-order valence-corrected chi connectivity index (χ1v) is 7.04. The minimum absolute atomic E-state index is 0.566. The molecule has 1 aliphatic heterocycles. The van der Waals surface area contributed by atoms with Gasteiger partial charge in [-0.3, -0.25) is 0 Å². The van der Waals surface area contributed by atoms with Crippen LogP contribution in [0.15, 0.2) is 0 Å². The van der Waals surface area contributed by atoms with E-state index < -0.39 is 0 Å². The number of ether oxygens (including phenoxy) is 1. The largest absolute Gasteiger partial charge is 0.378 e. The minimum atomic E-state index is 0.566. The molecule has 16 heavy (non-hydrogen) atoms. The maximum atomic E-state index is 5.69. The van der Waals surface area contributed by atoms with Gasteiger partial charge in [0.1, 0.15) is 0 Å². The van der Waals surface area contributed by atoms with Gasteiger partial charge in [0.2, 0.25) is 0 Å². The van der Waals surface area contributed by atoms with Crippen LogP contribution >= 0.6 is 0 Å². The van der Waals surface area contributed by atoms with Crippen molar-refractivity contribution in [1.29, 1.82) is 0 Å². The van der Waals surface area contributed by atoms with E-state index in [1.54, 1.807) is 0 Å². The van der Waals surface area contributed by atoms with E-state index in [9.17, 15) is 0 Å². The Morgan fingerprint density at radius 2 is 2.19 bits per heavy atom. The molecule has 2 nitrogen and oxygen atoms in total. The fourth-order valence-corrected chi connectivity index (χ4v) is 2.61. The Bertz CT molecular complexity index is 164. The molecule has 1 aliphatic rings. The van der Waals surface area contributed by atoms with Gasteiger partial charge in [-0.25, -0.2) is 0 Å². The number of hydrogen-bond donors (Lipinski definition) is 1. The summed E-state index contributed by atoms with van der Waals surface area (Å²) < 4.78 is 5.69. The summed E-state index contributed by atoms with van der Waals surface area (Å²) in [6.45, 7) is 10.1. The fraction of sp³-hybridized carbons (Fsp3) is 1.00. The number of nitrogens with one attached hydrogen (secondary N) is 1. The lowest BCUT2D eigenvalue weighted by Gasteiger charge is -2.20. The maximum absolute atomic E-state index is 5.69. The van der Waals surface area contributed by atoms with E-state index in [4.69, 9.17) is 4.74 Å². The van der Waals surface area contributed by atoms with Crippen LogP contribution in [-0.2, 0) is 4.74 Å². The molecule has 0 amide bonds. The summed E-state index contributed by atoms with van der Waals surface area (Å²) in [6.07, 6.45) is 7.07. The Hall–Kier alpha value is -0.0800. The average Bonchev–Trinajstić information content (AvgIpc) is 2.74. The molecule has 0 aromatic heterocycles. The molecular formula is C14H29NO. The van der Waals surface area contributed by atoms with Crippen molar-refractivity contribution in [3.05, 3.63) is 0 Å². The second-order valence-electron chi connectivity index (χ2n) is 5.52. The first-order chi connectivity index (χ1) is 7.72. The molecule has 1 rings (SSSR count). The smallest absolute Gasteiger partial charge is 0.0576 e. The Kier molecular flexibility index (Phi) is 7.06. The molecule has 0 spiro atoms. The van der Waals surface area contributed by atoms with Crippen LogP contribution in [0.25, 0.3) is 0 Å². The highest BCUT2D eigenvalue weighted by atomic mass is 16.5. The molecule has 1 saturated heterocycles. The van der Waals surface area contributed by atoms with Crippen molar-refractivity contribution in [1.82, 2.24) is 5.32 Å². The second kappa shape index (κ2) is 8.08.